The van der Waals surface area contributed by atoms with Crippen LogP contribution in [0.4, 0.5) is 4.39 Å². The molecule has 0 saturated carbocycles. The second kappa shape index (κ2) is 6.84. The van der Waals surface area contributed by atoms with Crippen LogP contribution in [0.2, 0.25) is 0 Å². The molecule has 1 aliphatic heterocycles. The molecule has 0 radical (unpaired) electrons. The number of benzene rings is 1. The van der Waals surface area contributed by atoms with Gasteiger partial charge in [0.2, 0.25) is 0 Å². The molecule has 1 amide bonds. The van der Waals surface area contributed by atoms with E-state index < -0.39 is 5.82 Å². The Kier molecular flexibility index (Phi) is 5.12. The highest BCUT2D eigenvalue weighted by atomic mass is 19.1. The van der Waals surface area contributed by atoms with E-state index in [1.54, 1.807) is 17.0 Å². The van der Waals surface area contributed by atoms with Crippen LogP contribution in [-0.2, 0) is 0 Å². The lowest BCUT2D eigenvalue weighted by atomic mass is 9.96. The molecule has 0 aromatic heterocycles. The lowest BCUT2D eigenvalue weighted by Gasteiger charge is -2.32. The van der Waals surface area contributed by atoms with Gasteiger partial charge in [-0.1, -0.05) is 13.0 Å². The molecule has 1 N–H and O–H groups in total. The normalized spacial score (nSPS) is 16.4. The van der Waals surface area contributed by atoms with Crippen molar-refractivity contribution in [3.05, 3.63) is 35.1 Å². The molecule has 0 unspecified atom stereocenters. The number of piperidine rings is 1. The first-order valence-corrected chi connectivity index (χ1v) is 7.38. The van der Waals surface area contributed by atoms with Crippen molar-refractivity contribution in [3.63, 3.8) is 0 Å². The minimum Gasteiger partial charge on any atom is -0.339 e. The van der Waals surface area contributed by atoms with E-state index in [1.165, 1.54) is 6.07 Å². The predicted octanol–water partition coefficient (Wildman–Crippen LogP) is 2.60. The van der Waals surface area contributed by atoms with Gasteiger partial charge in [-0.25, -0.2) is 4.39 Å². The van der Waals surface area contributed by atoms with Crippen molar-refractivity contribution < 1.29 is 9.18 Å². The largest absolute Gasteiger partial charge is 0.339 e. The SMILES string of the molecule is CCNCC1CCN(C(=O)c2ccc(C)cc2F)CC1. The van der Waals surface area contributed by atoms with Crippen molar-refractivity contribution in [2.45, 2.75) is 26.7 Å². The fraction of sp³-hybridized carbons (Fsp3) is 0.562. The Bertz CT molecular complexity index is 468. The van der Waals surface area contributed by atoms with Crippen molar-refractivity contribution in [3.8, 4) is 0 Å². The third-order valence-electron chi connectivity index (χ3n) is 3.94. The van der Waals surface area contributed by atoms with Crippen molar-refractivity contribution in [1.29, 1.82) is 0 Å². The Morgan fingerprint density at radius 2 is 2.10 bits per heavy atom. The molecule has 3 nitrogen and oxygen atoms in total. The molecule has 0 spiro atoms. The highest BCUT2D eigenvalue weighted by molar-refractivity contribution is 5.94. The van der Waals surface area contributed by atoms with E-state index in [-0.39, 0.29) is 11.5 Å². The second-order valence-corrected chi connectivity index (χ2v) is 5.53. The summed E-state index contributed by atoms with van der Waals surface area (Å²) in [7, 11) is 0. The zero-order valence-corrected chi connectivity index (χ0v) is 12.3. The second-order valence-electron chi connectivity index (χ2n) is 5.53. The van der Waals surface area contributed by atoms with Crippen LogP contribution in [0.3, 0.4) is 0 Å². The van der Waals surface area contributed by atoms with Gasteiger partial charge in [-0.2, -0.15) is 0 Å². The minimum absolute atomic E-state index is 0.176. The molecule has 0 aliphatic carbocycles. The number of halogens is 1. The van der Waals surface area contributed by atoms with Gasteiger partial charge >= 0.3 is 0 Å². The first kappa shape index (κ1) is 15.0. The Balaban J connectivity index is 1.94. The molecule has 1 aromatic carbocycles. The Labute approximate surface area is 120 Å². The summed E-state index contributed by atoms with van der Waals surface area (Å²) >= 11 is 0. The number of hydrogen-bond acceptors (Lipinski definition) is 2. The van der Waals surface area contributed by atoms with Crippen molar-refractivity contribution in [2.24, 2.45) is 5.92 Å². The number of amides is 1. The summed E-state index contributed by atoms with van der Waals surface area (Å²) in [4.78, 5) is 14.1. The zero-order chi connectivity index (χ0) is 14.5. The molecule has 1 aromatic rings. The third kappa shape index (κ3) is 3.57. The molecular weight excluding hydrogens is 255 g/mol. The number of nitrogens with zero attached hydrogens (tertiary/aromatic N) is 1. The van der Waals surface area contributed by atoms with Gasteiger partial charge in [0, 0.05) is 13.1 Å². The van der Waals surface area contributed by atoms with E-state index in [1.807, 2.05) is 6.92 Å². The standard InChI is InChI=1S/C16H23FN2O/c1-3-18-11-13-6-8-19(9-7-13)16(20)14-5-4-12(2)10-15(14)17/h4-5,10,13,18H,3,6-9,11H2,1-2H3. The Morgan fingerprint density at radius 1 is 1.40 bits per heavy atom. The average Bonchev–Trinajstić information content (AvgIpc) is 2.45. The molecule has 1 saturated heterocycles. The number of carbonyl (C=O) groups is 1. The van der Waals surface area contributed by atoms with E-state index in [9.17, 15) is 9.18 Å². The van der Waals surface area contributed by atoms with Gasteiger partial charge in [0.25, 0.3) is 5.91 Å². The molecular formula is C16H23FN2O. The molecule has 0 atom stereocenters. The first-order valence-electron chi connectivity index (χ1n) is 7.38. The van der Waals surface area contributed by atoms with Crippen LogP contribution in [0, 0.1) is 18.7 Å². The van der Waals surface area contributed by atoms with Gasteiger partial charge in [0.1, 0.15) is 5.82 Å². The average molecular weight is 278 g/mol. The molecule has 1 heterocycles. The van der Waals surface area contributed by atoms with E-state index >= 15 is 0 Å². The van der Waals surface area contributed by atoms with E-state index in [2.05, 4.69) is 12.2 Å². The highest BCUT2D eigenvalue weighted by Gasteiger charge is 2.24. The van der Waals surface area contributed by atoms with Gasteiger partial charge in [-0.15, -0.1) is 0 Å². The quantitative estimate of drug-likeness (QED) is 0.918. The van der Waals surface area contributed by atoms with Crippen LogP contribution in [0.5, 0.6) is 0 Å². The summed E-state index contributed by atoms with van der Waals surface area (Å²) < 4.78 is 13.8. The van der Waals surface area contributed by atoms with Crippen molar-refractivity contribution in [1.82, 2.24) is 10.2 Å². The zero-order valence-electron chi connectivity index (χ0n) is 12.3. The smallest absolute Gasteiger partial charge is 0.256 e. The van der Waals surface area contributed by atoms with Crippen LogP contribution >= 0.6 is 0 Å². The fourth-order valence-electron chi connectivity index (χ4n) is 2.65. The number of aryl methyl sites for hydroxylation is 1. The number of hydrogen-bond donors (Lipinski definition) is 1. The lowest BCUT2D eigenvalue weighted by Crippen LogP contribution is -2.41. The van der Waals surface area contributed by atoms with E-state index in [0.29, 0.717) is 5.92 Å². The summed E-state index contributed by atoms with van der Waals surface area (Å²) in [5.74, 6) is 0.0380. The van der Waals surface area contributed by atoms with E-state index in [0.717, 1.165) is 44.6 Å². The maximum absolute atomic E-state index is 13.8. The summed E-state index contributed by atoms with van der Waals surface area (Å²) in [6.07, 6.45) is 1.98. The number of rotatable bonds is 4. The maximum Gasteiger partial charge on any atom is 0.256 e. The number of carbonyl (C=O) groups excluding carboxylic acids is 1. The van der Waals surface area contributed by atoms with Crippen LogP contribution < -0.4 is 5.32 Å². The van der Waals surface area contributed by atoms with Gasteiger partial charge in [-0.05, 0) is 56.5 Å². The third-order valence-corrected chi connectivity index (χ3v) is 3.94. The molecule has 0 bridgehead atoms. The van der Waals surface area contributed by atoms with Gasteiger partial charge in [0.15, 0.2) is 0 Å². The molecule has 1 fully saturated rings. The maximum atomic E-state index is 13.8. The van der Waals surface area contributed by atoms with Crippen LogP contribution in [0.15, 0.2) is 18.2 Å². The number of likely N-dealkylation sites (tertiary alicyclic amines) is 1. The molecule has 20 heavy (non-hydrogen) atoms. The summed E-state index contributed by atoms with van der Waals surface area (Å²) in [5, 5.41) is 3.35. The Hall–Kier alpha value is -1.42. The monoisotopic (exact) mass is 278 g/mol. The number of nitrogens with one attached hydrogen (secondary N) is 1. The van der Waals surface area contributed by atoms with Crippen LogP contribution in [0.25, 0.3) is 0 Å². The Morgan fingerprint density at radius 3 is 2.70 bits per heavy atom. The first-order chi connectivity index (χ1) is 9.61. The van der Waals surface area contributed by atoms with Gasteiger partial charge < -0.3 is 10.2 Å². The topological polar surface area (TPSA) is 32.3 Å². The highest BCUT2D eigenvalue weighted by Crippen LogP contribution is 2.20. The molecule has 2 rings (SSSR count). The van der Waals surface area contributed by atoms with Crippen LogP contribution in [0.1, 0.15) is 35.7 Å². The van der Waals surface area contributed by atoms with Gasteiger partial charge in [0.05, 0.1) is 5.56 Å². The van der Waals surface area contributed by atoms with Gasteiger partial charge in [-0.3, -0.25) is 4.79 Å². The lowest BCUT2D eigenvalue weighted by molar-refractivity contribution is 0.0685. The minimum atomic E-state index is -0.412. The predicted molar refractivity (Wildman–Crippen MR) is 78.3 cm³/mol. The van der Waals surface area contributed by atoms with Crippen molar-refractivity contribution >= 4 is 5.91 Å². The molecule has 4 heteroatoms. The summed E-state index contributed by atoms with van der Waals surface area (Å²) in [6.45, 7) is 7.36. The fourth-order valence-corrected chi connectivity index (χ4v) is 2.65. The van der Waals surface area contributed by atoms with Crippen LogP contribution in [-0.4, -0.2) is 37.0 Å². The van der Waals surface area contributed by atoms with Crippen molar-refractivity contribution in [2.75, 3.05) is 26.2 Å². The summed E-state index contributed by atoms with van der Waals surface area (Å²) in [6, 6.07) is 4.80. The molecule has 1 aliphatic rings. The van der Waals surface area contributed by atoms with E-state index in [4.69, 9.17) is 0 Å². The molecule has 110 valence electrons. The summed E-state index contributed by atoms with van der Waals surface area (Å²) in [5.41, 5.74) is 1.03.